The number of allylic oxidation sites excluding steroid dienone is 1. The van der Waals surface area contributed by atoms with Crippen LogP contribution in [0.3, 0.4) is 0 Å². The Labute approximate surface area is 105 Å². The van der Waals surface area contributed by atoms with Gasteiger partial charge < -0.3 is 10.2 Å². The fourth-order valence-corrected chi connectivity index (χ4v) is 1.74. The molecular weight excluding hydrogens is 228 g/mol. The van der Waals surface area contributed by atoms with Gasteiger partial charge in [0.05, 0.1) is 5.52 Å². The summed E-state index contributed by atoms with van der Waals surface area (Å²) in [5.41, 5.74) is 8.09. The summed E-state index contributed by atoms with van der Waals surface area (Å²) in [4.78, 5) is 13.6. The number of hydrogen-bond acceptors (Lipinski definition) is 3. The highest BCUT2D eigenvalue weighted by molar-refractivity contribution is 5.75. The smallest absolute Gasteiger partial charge is 0.408 e. The molecule has 0 saturated heterocycles. The lowest BCUT2D eigenvalue weighted by molar-refractivity contribution is 0.482. The Morgan fingerprint density at radius 1 is 1.44 bits per heavy atom. The molecule has 0 saturated carbocycles. The molecule has 0 amide bonds. The molecule has 0 unspecified atom stereocenters. The highest BCUT2D eigenvalue weighted by Gasteiger charge is 2.07. The normalized spacial score (nSPS) is 12.6. The van der Waals surface area contributed by atoms with Crippen LogP contribution in [-0.4, -0.2) is 10.5 Å². The molecule has 18 heavy (non-hydrogen) atoms. The van der Waals surface area contributed by atoms with E-state index in [0.717, 1.165) is 23.9 Å². The number of fused-ring (bicyclic) bond motifs is 1. The summed E-state index contributed by atoms with van der Waals surface area (Å²) in [6.45, 7) is 4.03. The van der Waals surface area contributed by atoms with Crippen LogP contribution in [-0.2, 0) is 0 Å². The fraction of sp³-hybridized carbons (Fsp3) is 0.357. The summed E-state index contributed by atoms with van der Waals surface area (Å²) < 4.78 is 5.00. The maximum absolute atomic E-state index is 11.0. The molecule has 0 aliphatic rings. The number of rotatable bonds is 4. The first kappa shape index (κ1) is 12.6. The number of benzene rings is 1. The predicted molar refractivity (Wildman–Crippen MR) is 73.4 cm³/mol. The van der Waals surface area contributed by atoms with E-state index in [0.29, 0.717) is 5.58 Å². The van der Waals surface area contributed by atoms with E-state index < -0.39 is 5.76 Å². The second-order valence-corrected chi connectivity index (χ2v) is 5.20. The van der Waals surface area contributed by atoms with E-state index in [1.807, 2.05) is 38.1 Å². The van der Waals surface area contributed by atoms with Crippen molar-refractivity contribution in [3.05, 3.63) is 40.4 Å². The largest absolute Gasteiger partial charge is 0.417 e. The SMILES string of the molecule is CC(C)(N)CC/C=C/c1ccc2[nH]c(=O)oc2c1. The molecule has 0 aliphatic carbocycles. The number of hydrogen-bond donors (Lipinski definition) is 2. The average Bonchev–Trinajstić information content (AvgIpc) is 2.62. The second-order valence-electron chi connectivity index (χ2n) is 5.20. The van der Waals surface area contributed by atoms with Crippen LogP contribution >= 0.6 is 0 Å². The lowest BCUT2D eigenvalue weighted by Crippen LogP contribution is -2.31. The van der Waals surface area contributed by atoms with E-state index in [-0.39, 0.29) is 5.54 Å². The van der Waals surface area contributed by atoms with Crippen molar-refractivity contribution in [1.29, 1.82) is 0 Å². The third-order valence-electron chi connectivity index (χ3n) is 2.71. The quantitative estimate of drug-likeness (QED) is 0.871. The van der Waals surface area contributed by atoms with E-state index in [1.54, 1.807) is 0 Å². The number of nitrogens with one attached hydrogen (secondary N) is 1. The summed E-state index contributed by atoms with van der Waals surface area (Å²) in [5.74, 6) is -0.420. The van der Waals surface area contributed by atoms with Crippen LogP contribution in [0, 0.1) is 0 Å². The zero-order valence-electron chi connectivity index (χ0n) is 10.7. The van der Waals surface area contributed by atoms with Gasteiger partial charge in [-0.2, -0.15) is 0 Å². The molecule has 0 atom stereocenters. The molecule has 2 aromatic rings. The van der Waals surface area contributed by atoms with Crippen molar-refractivity contribution in [3.63, 3.8) is 0 Å². The van der Waals surface area contributed by atoms with E-state index in [2.05, 4.69) is 11.1 Å². The van der Waals surface area contributed by atoms with E-state index in [9.17, 15) is 4.79 Å². The molecular formula is C14H18N2O2. The van der Waals surface area contributed by atoms with Gasteiger partial charge >= 0.3 is 5.76 Å². The molecule has 0 spiro atoms. The van der Waals surface area contributed by atoms with Gasteiger partial charge in [-0.05, 0) is 44.4 Å². The van der Waals surface area contributed by atoms with E-state index in [1.165, 1.54) is 0 Å². The lowest BCUT2D eigenvalue weighted by Gasteiger charge is -2.16. The highest BCUT2D eigenvalue weighted by Crippen LogP contribution is 2.14. The summed E-state index contributed by atoms with van der Waals surface area (Å²) in [6, 6.07) is 5.63. The highest BCUT2D eigenvalue weighted by atomic mass is 16.4. The molecule has 4 nitrogen and oxygen atoms in total. The van der Waals surface area contributed by atoms with Crippen molar-refractivity contribution >= 4 is 17.2 Å². The van der Waals surface area contributed by atoms with Crippen LogP contribution in [0.25, 0.3) is 17.2 Å². The standard InChI is InChI=1S/C14H18N2O2/c1-14(2,15)8-4-3-5-10-6-7-11-12(9-10)18-13(17)16-11/h3,5-7,9H,4,8,15H2,1-2H3,(H,16,17)/b5-3+. The Kier molecular flexibility index (Phi) is 3.39. The van der Waals surface area contributed by atoms with Gasteiger partial charge in [-0.15, -0.1) is 0 Å². The second kappa shape index (κ2) is 4.82. The number of oxazole rings is 1. The Hall–Kier alpha value is -1.81. The topological polar surface area (TPSA) is 72.0 Å². The minimum atomic E-state index is -0.420. The molecule has 4 heteroatoms. The van der Waals surface area contributed by atoms with Crippen molar-refractivity contribution in [2.45, 2.75) is 32.2 Å². The van der Waals surface area contributed by atoms with Gasteiger partial charge in [-0.25, -0.2) is 4.79 Å². The number of aromatic amines is 1. The first-order chi connectivity index (χ1) is 8.44. The molecule has 0 radical (unpaired) electrons. The zero-order chi connectivity index (χ0) is 13.2. The molecule has 1 heterocycles. The van der Waals surface area contributed by atoms with Crippen molar-refractivity contribution in [3.8, 4) is 0 Å². The Balaban J connectivity index is 2.07. The van der Waals surface area contributed by atoms with Crippen LogP contribution in [0.1, 0.15) is 32.3 Å². The summed E-state index contributed by atoms with van der Waals surface area (Å²) in [6.07, 6.45) is 5.96. The van der Waals surface area contributed by atoms with Gasteiger partial charge in [0.1, 0.15) is 0 Å². The summed E-state index contributed by atoms with van der Waals surface area (Å²) in [7, 11) is 0. The van der Waals surface area contributed by atoms with Gasteiger partial charge in [0.2, 0.25) is 0 Å². The zero-order valence-corrected chi connectivity index (χ0v) is 10.7. The summed E-state index contributed by atoms with van der Waals surface area (Å²) in [5, 5.41) is 0. The van der Waals surface area contributed by atoms with Crippen LogP contribution in [0.2, 0.25) is 0 Å². The third kappa shape index (κ3) is 3.34. The minimum Gasteiger partial charge on any atom is -0.408 e. The number of H-pyrrole nitrogens is 1. The molecule has 0 bridgehead atoms. The molecule has 3 N–H and O–H groups in total. The Morgan fingerprint density at radius 2 is 2.22 bits per heavy atom. The molecule has 2 rings (SSSR count). The van der Waals surface area contributed by atoms with Crippen molar-refractivity contribution in [2.24, 2.45) is 5.73 Å². The van der Waals surface area contributed by atoms with Gasteiger partial charge in [0.25, 0.3) is 0 Å². The van der Waals surface area contributed by atoms with Crippen LogP contribution < -0.4 is 11.5 Å². The molecule has 0 fully saturated rings. The molecule has 0 aliphatic heterocycles. The molecule has 1 aromatic carbocycles. The van der Waals surface area contributed by atoms with E-state index in [4.69, 9.17) is 10.2 Å². The van der Waals surface area contributed by atoms with Crippen molar-refractivity contribution in [1.82, 2.24) is 4.98 Å². The Bertz CT molecular complexity index is 614. The van der Waals surface area contributed by atoms with Gasteiger partial charge in [0, 0.05) is 5.54 Å². The number of aromatic nitrogens is 1. The average molecular weight is 246 g/mol. The van der Waals surface area contributed by atoms with Crippen LogP contribution in [0.5, 0.6) is 0 Å². The number of nitrogens with two attached hydrogens (primary N) is 1. The predicted octanol–water partition coefficient (Wildman–Crippen LogP) is 2.65. The van der Waals surface area contributed by atoms with Crippen molar-refractivity contribution < 1.29 is 4.42 Å². The maximum atomic E-state index is 11.0. The minimum absolute atomic E-state index is 0.137. The van der Waals surface area contributed by atoms with Gasteiger partial charge in [-0.1, -0.05) is 18.2 Å². The first-order valence-electron chi connectivity index (χ1n) is 6.02. The van der Waals surface area contributed by atoms with Crippen LogP contribution in [0.15, 0.2) is 33.5 Å². The maximum Gasteiger partial charge on any atom is 0.417 e. The first-order valence-corrected chi connectivity index (χ1v) is 6.02. The van der Waals surface area contributed by atoms with Gasteiger partial charge in [-0.3, -0.25) is 4.98 Å². The monoisotopic (exact) mass is 246 g/mol. The third-order valence-corrected chi connectivity index (χ3v) is 2.71. The van der Waals surface area contributed by atoms with Crippen molar-refractivity contribution in [2.75, 3.05) is 0 Å². The Morgan fingerprint density at radius 3 is 2.94 bits per heavy atom. The van der Waals surface area contributed by atoms with Gasteiger partial charge in [0.15, 0.2) is 5.58 Å². The van der Waals surface area contributed by atoms with E-state index >= 15 is 0 Å². The fourth-order valence-electron chi connectivity index (χ4n) is 1.74. The summed E-state index contributed by atoms with van der Waals surface area (Å²) >= 11 is 0. The molecule has 1 aromatic heterocycles. The molecule has 96 valence electrons. The van der Waals surface area contributed by atoms with Crippen LogP contribution in [0.4, 0.5) is 0 Å². The lowest BCUT2D eigenvalue weighted by atomic mass is 10.00.